The van der Waals surface area contributed by atoms with Crippen molar-refractivity contribution in [2.45, 2.75) is 12.1 Å². The number of benzene rings is 2. The molecule has 0 aliphatic heterocycles. The molecule has 4 aromatic rings. The normalized spacial score (nSPS) is 10.8. The molecule has 0 saturated carbocycles. The van der Waals surface area contributed by atoms with E-state index in [0.717, 1.165) is 17.0 Å². The Morgan fingerprint density at radius 1 is 1.10 bits per heavy atom. The predicted molar refractivity (Wildman–Crippen MR) is 115 cm³/mol. The van der Waals surface area contributed by atoms with E-state index in [1.165, 1.54) is 11.8 Å². The van der Waals surface area contributed by atoms with Crippen molar-refractivity contribution in [1.82, 2.24) is 14.8 Å². The molecule has 2 heterocycles. The van der Waals surface area contributed by atoms with Crippen molar-refractivity contribution in [1.29, 1.82) is 0 Å². The molecule has 146 valence electrons. The Balaban J connectivity index is 1.57. The molecule has 0 atom stereocenters. The van der Waals surface area contributed by atoms with Crippen molar-refractivity contribution in [2.75, 3.05) is 11.1 Å². The van der Waals surface area contributed by atoms with Crippen molar-refractivity contribution in [3.8, 4) is 17.1 Å². The van der Waals surface area contributed by atoms with Crippen LogP contribution >= 0.6 is 23.4 Å². The van der Waals surface area contributed by atoms with E-state index in [2.05, 4.69) is 15.5 Å². The third-order valence-corrected chi connectivity index (χ3v) is 5.39. The lowest BCUT2D eigenvalue weighted by molar-refractivity contribution is -0.113. The van der Waals surface area contributed by atoms with Gasteiger partial charge in [-0.1, -0.05) is 41.6 Å². The van der Waals surface area contributed by atoms with E-state index < -0.39 is 0 Å². The second-order valence-corrected chi connectivity index (χ2v) is 7.59. The molecular weight excluding hydrogens is 408 g/mol. The van der Waals surface area contributed by atoms with Crippen molar-refractivity contribution in [2.24, 2.45) is 0 Å². The number of rotatable bonds is 6. The zero-order valence-corrected chi connectivity index (χ0v) is 17.1. The van der Waals surface area contributed by atoms with Crippen molar-refractivity contribution >= 4 is 35.0 Å². The van der Waals surface area contributed by atoms with Gasteiger partial charge < -0.3 is 9.73 Å². The topological polar surface area (TPSA) is 72.9 Å². The molecule has 0 bridgehead atoms. The number of hydrogen-bond acceptors (Lipinski definition) is 5. The second kappa shape index (κ2) is 8.55. The molecule has 0 fully saturated rings. The van der Waals surface area contributed by atoms with Crippen LogP contribution in [0.25, 0.3) is 17.1 Å². The summed E-state index contributed by atoms with van der Waals surface area (Å²) in [5, 5.41) is 12.8. The van der Waals surface area contributed by atoms with Gasteiger partial charge >= 0.3 is 0 Å². The van der Waals surface area contributed by atoms with Crippen LogP contribution in [0.5, 0.6) is 0 Å². The van der Waals surface area contributed by atoms with E-state index in [-0.39, 0.29) is 11.7 Å². The maximum Gasteiger partial charge on any atom is 0.234 e. The van der Waals surface area contributed by atoms with Gasteiger partial charge in [-0.3, -0.25) is 9.36 Å². The summed E-state index contributed by atoms with van der Waals surface area (Å²) < 4.78 is 7.36. The SMILES string of the molecule is Cc1occc1-c1nnc(SCC(=O)Nc2ccc(Cl)cc2)n1-c1ccccc1. The fourth-order valence-corrected chi connectivity index (χ4v) is 3.70. The van der Waals surface area contributed by atoms with Crippen molar-refractivity contribution < 1.29 is 9.21 Å². The van der Waals surface area contributed by atoms with Gasteiger partial charge in [0, 0.05) is 16.4 Å². The Kier molecular flexibility index (Phi) is 5.69. The molecular formula is C21H17ClN4O2S. The Hall–Kier alpha value is -3.03. The second-order valence-electron chi connectivity index (χ2n) is 6.21. The lowest BCUT2D eigenvalue weighted by Crippen LogP contribution is -2.14. The van der Waals surface area contributed by atoms with Gasteiger partial charge in [-0.2, -0.15) is 0 Å². The summed E-state index contributed by atoms with van der Waals surface area (Å²) in [6.45, 7) is 1.88. The Morgan fingerprint density at radius 2 is 1.86 bits per heavy atom. The number of nitrogens with one attached hydrogen (secondary N) is 1. The molecule has 0 saturated heterocycles. The van der Waals surface area contributed by atoms with E-state index in [1.807, 2.05) is 47.9 Å². The van der Waals surface area contributed by atoms with Gasteiger partial charge in [0.15, 0.2) is 11.0 Å². The van der Waals surface area contributed by atoms with Crippen LogP contribution in [0, 0.1) is 6.92 Å². The number of para-hydroxylation sites is 1. The molecule has 1 amide bonds. The minimum atomic E-state index is -0.138. The van der Waals surface area contributed by atoms with Gasteiger partial charge in [0.2, 0.25) is 5.91 Å². The summed E-state index contributed by atoms with van der Waals surface area (Å²) in [7, 11) is 0. The first kappa shape index (κ1) is 19.3. The molecule has 1 N–H and O–H groups in total. The fraction of sp³-hybridized carbons (Fsp3) is 0.0952. The zero-order valence-electron chi connectivity index (χ0n) is 15.5. The Bertz CT molecular complexity index is 1120. The molecule has 0 unspecified atom stereocenters. The van der Waals surface area contributed by atoms with Gasteiger partial charge in [-0.05, 0) is 49.4 Å². The number of furan rings is 1. The monoisotopic (exact) mass is 424 g/mol. The minimum absolute atomic E-state index is 0.138. The summed E-state index contributed by atoms with van der Waals surface area (Å²) in [5.74, 6) is 1.48. The molecule has 2 aromatic carbocycles. The minimum Gasteiger partial charge on any atom is -0.469 e. The first-order valence-corrected chi connectivity index (χ1v) is 10.2. The van der Waals surface area contributed by atoms with Crippen LogP contribution < -0.4 is 5.32 Å². The van der Waals surface area contributed by atoms with Crippen LogP contribution in [0.4, 0.5) is 5.69 Å². The number of aryl methyl sites for hydroxylation is 1. The first-order chi connectivity index (χ1) is 14.1. The van der Waals surface area contributed by atoms with Crippen molar-refractivity contribution in [3.05, 3.63) is 77.7 Å². The lowest BCUT2D eigenvalue weighted by atomic mass is 10.2. The third-order valence-electron chi connectivity index (χ3n) is 4.21. The zero-order chi connectivity index (χ0) is 20.2. The maximum atomic E-state index is 12.4. The van der Waals surface area contributed by atoms with E-state index in [1.54, 1.807) is 30.5 Å². The molecule has 6 nitrogen and oxygen atoms in total. The van der Waals surface area contributed by atoms with Crippen LogP contribution in [0.1, 0.15) is 5.76 Å². The highest BCUT2D eigenvalue weighted by atomic mass is 35.5. The summed E-state index contributed by atoms with van der Waals surface area (Å²) in [5.41, 5.74) is 2.46. The number of amides is 1. The van der Waals surface area contributed by atoms with Crippen LogP contribution in [0.2, 0.25) is 5.02 Å². The largest absolute Gasteiger partial charge is 0.469 e. The summed E-state index contributed by atoms with van der Waals surface area (Å²) in [6, 6.07) is 18.6. The Labute approximate surface area is 176 Å². The number of halogens is 1. The van der Waals surface area contributed by atoms with Gasteiger partial charge in [0.1, 0.15) is 5.76 Å². The standard InChI is InChI=1S/C21H17ClN4O2S/c1-14-18(11-12-28-14)20-24-25-21(26(20)17-5-3-2-4-6-17)29-13-19(27)23-16-9-7-15(22)8-10-16/h2-12H,13H2,1H3,(H,23,27). The number of thioether (sulfide) groups is 1. The maximum absolute atomic E-state index is 12.4. The van der Waals surface area contributed by atoms with Crippen LogP contribution in [0.3, 0.4) is 0 Å². The molecule has 8 heteroatoms. The van der Waals surface area contributed by atoms with E-state index >= 15 is 0 Å². The van der Waals surface area contributed by atoms with E-state index in [9.17, 15) is 4.79 Å². The number of aromatic nitrogens is 3. The molecule has 0 aliphatic rings. The molecule has 0 spiro atoms. The van der Waals surface area contributed by atoms with E-state index in [0.29, 0.717) is 21.7 Å². The Morgan fingerprint density at radius 3 is 2.55 bits per heavy atom. The molecule has 0 aliphatic carbocycles. The van der Waals surface area contributed by atoms with E-state index in [4.69, 9.17) is 16.0 Å². The first-order valence-electron chi connectivity index (χ1n) is 8.85. The number of carbonyl (C=O) groups excluding carboxylic acids is 1. The van der Waals surface area contributed by atoms with Crippen LogP contribution in [-0.2, 0) is 4.79 Å². The highest BCUT2D eigenvalue weighted by molar-refractivity contribution is 7.99. The summed E-state index contributed by atoms with van der Waals surface area (Å²) in [4.78, 5) is 12.4. The quantitative estimate of drug-likeness (QED) is 0.429. The molecule has 29 heavy (non-hydrogen) atoms. The van der Waals surface area contributed by atoms with Crippen LogP contribution in [-0.4, -0.2) is 26.4 Å². The molecule has 0 radical (unpaired) electrons. The summed E-state index contributed by atoms with van der Waals surface area (Å²) >= 11 is 7.20. The highest BCUT2D eigenvalue weighted by Crippen LogP contribution is 2.30. The smallest absolute Gasteiger partial charge is 0.234 e. The number of hydrogen-bond donors (Lipinski definition) is 1. The fourth-order valence-electron chi connectivity index (χ4n) is 2.83. The average molecular weight is 425 g/mol. The number of anilines is 1. The van der Waals surface area contributed by atoms with Gasteiger partial charge in [0.05, 0.1) is 17.6 Å². The van der Waals surface area contributed by atoms with Gasteiger partial charge in [-0.25, -0.2) is 0 Å². The van der Waals surface area contributed by atoms with Gasteiger partial charge in [-0.15, -0.1) is 10.2 Å². The average Bonchev–Trinajstić information content (AvgIpc) is 3.34. The predicted octanol–water partition coefficient (Wildman–Crippen LogP) is 5.22. The molecule has 2 aromatic heterocycles. The summed E-state index contributed by atoms with van der Waals surface area (Å²) in [6.07, 6.45) is 1.63. The van der Waals surface area contributed by atoms with Crippen molar-refractivity contribution in [3.63, 3.8) is 0 Å². The van der Waals surface area contributed by atoms with Crippen LogP contribution in [0.15, 0.2) is 76.5 Å². The highest BCUT2D eigenvalue weighted by Gasteiger charge is 2.19. The van der Waals surface area contributed by atoms with Gasteiger partial charge in [0.25, 0.3) is 0 Å². The lowest BCUT2D eigenvalue weighted by Gasteiger charge is -2.10. The number of nitrogens with zero attached hydrogens (tertiary/aromatic N) is 3. The molecule has 4 rings (SSSR count). The number of carbonyl (C=O) groups is 1. The third kappa shape index (κ3) is 4.36.